The third-order valence-corrected chi connectivity index (χ3v) is 5.50. The summed E-state index contributed by atoms with van der Waals surface area (Å²) in [6.07, 6.45) is 10.3. The van der Waals surface area contributed by atoms with Gasteiger partial charge < -0.3 is 9.47 Å². The van der Waals surface area contributed by atoms with Gasteiger partial charge in [-0.05, 0) is 51.5 Å². The molecular formula is C16H27NO3. The van der Waals surface area contributed by atoms with E-state index in [4.69, 9.17) is 9.47 Å². The molecule has 0 amide bonds. The summed E-state index contributed by atoms with van der Waals surface area (Å²) < 4.78 is 10.9. The van der Waals surface area contributed by atoms with Crippen molar-refractivity contribution in [3.8, 4) is 0 Å². The number of carbonyl (C=O) groups is 1. The molecule has 0 aromatic rings. The number of likely N-dealkylation sites (tertiary alicyclic amines) is 1. The maximum Gasteiger partial charge on any atom is 0.307 e. The van der Waals surface area contributed by atoms with Crippen molar-refractivity contribution in [3.05, 3.63) is 0 Å². The van der Waals surface area contributed by atoms with Gasteiger partial charge in [-0.2, -0.15) is 0 Å². The Morgan fingerprint density at radius 2 is 2.15 bits per heavy atom. The Morgan fingerprint density at radius 1 is 1.30 bits per heavy atom. The number of rotatable bonds is 3. The summed E-state index contributed by atoms with van der Waals surface area (Å²) in [6.45, 7) is 2.04. The highest BCUT2D eigenvalue weighted by Gasteiger charge is 2.45. The number of methoxy groups -OCH3 is 1. The van der Waals surface area contributed by atoms with E-state index < -0.39 is 0 Å². The molecule has 4 heteroatoms. The minimum Gasteiger partial charge on any atom is -0.469 e. The van der Waals surface area contributed by atoms with Crippen LogP contribution in [0, 0.1) is 0 Å². The molecule has 1 aliphatic carbocycles. The molecule has 0 aromatic carbocycles. The summed E-state index contributed by atoms with van der Waals surface area (Å²) in [5.41, 5.74) is 0.191. The molecule has 1 saturated carbocycles. The highest BCUT2D eigenvalue weighted by molar-refractivity contribution is 5.69. The van der Waals surface area contributed by atoms with Crippen molar-refractivity contribution in [1.82, 2.24) is 4.90 Å². The highest BCUT2D eigenvalue weighted by Crippen LogP contribution is 2.44. The van der Waals surface area contributed by atoms with Gasteiger partial charge in [0.15, 0.2) is 0 Å². The van der Waals surface area contributed by atoms with E-state index >= 15 is 0 Å². The number of esters is 1. The van der Waals surface area contributed by atoms with Crippen LogP contribution in [0.2, 0.25) is 0 Å². The molecule has 20 heavy (non-hydrogen) atoms. The van der Waals surface area contributed by atoms with Crippen LogP contribution in [0.15, 0.2) is 0 Å². The average Bonchev–Trinajstić information content (AvgIpc) is 2.46. The van der Waals surface area contributed by atoms with Crippen molar-refractivity contribution >= 4 is 5.97 Å². The van der Waals surface area contributed by atoms with Crippen molar-refractivity contribution in [3.63, 3.8) is 0 Å². The van der Waals surface area contributed by atoms with Crippen molar-refractivity contribution in [1.29, 1.82) is 0 Å². The van der Waals surface area contributed by atoms with E-state index in [-0.39, 0.29) is 11.6 Å². The number of hydrogen-bond acceptors (Lipinski definition) is 4. The zero-order chi connectivity index (χ0) is 14.0. The molecule has 2 aliphatic heterocycles. The van der Waals surface area contributed by atoms with E-state index in [1.807, 2.05) is 0 Å². The third-order valence-electron chi connectivity index (χ3n) is 5.50. The SMILES string of the molecule is COC(=O)CC1CCCCN1C1CCOC2(CCC2)C1. The van der Waals surface area contributed by atoms with E-state index in [0.717, 1.165) is 26.0 Å². The standard InChI is InChI=1S/C16H27NO3/c1-19-15(18)11-13-5-2-3-9-17(13)14-6-10-20-16(12-14)7-4-8-16/h13-14H,2-12H2,1H3. The Bertz CT molecular complexity index is 354. The monoisotopic (exact) mass is 281 g/mol. The van der Waals surface area contributed by atoms with E-state index in [1.54, 1.807) is 0 Å². The Labute approximate surface area is 121 Å². The molecule has 4 nitrogen and oxygen atoms in total. The summed E-state index contributed by atoms with van der Waals surface area (Å²) in [4.78, 5) is 14.2. The van der Waals surface area contributed by atoms with Gasteiger partial charge in [0.05, 0.1) is 19.1 Å². The van der Waals surface area contributed by atoms with E-state index in [0.29, 0.717) is 18.5 Å². The van der Waals surface area contributed by atoms with Crippen molar-refractivity contribution in [2.24, 2.45) is 0 Å². The molecular weight excluding hydrogens is 254 g/mol. The van der Waals surface area contributed by atoms with Crippen molar-refractivity contribution in [2.45, 2.75) is 75.5 Å². The lowest BCUT2D eigenvalue weighted by molar-refractivity contribution is -0.156. The molecule has 2 unspecified atom stereocenters. The lowest BCUT2D eigenvalue weighted by Gasteiger charge is -2.51. The van der Waals surface area contributed by atoms with Gasteiger partial charge in [0.1, 0.15) is 0 Å². The number of nitrogens with zero attached hydrogens (tertiary/aromatic N) is 1. The maximum atomic E-state index is 11.6. The van der Waals surface area contributed by atoms with Gasteiger partial charge in [0.2, 0.25) is 0 Å². The van der Waals surface area contributed by atoms with Crippen LogP contribution < -0.4 is 0 Å². The fourth-order valence-electron chi connectivity index (χ4n) is 4.20. The Kier molecular flexibility index (Phi) is 4.32. The molecule has 3 aliphatic rings. The number of carbonyl (C=O) groups excluding carboxylic acids is 1. The average molecular weight is 281 g/mol. The quantitative estimate of drug-likeness (QED) is 0.745. The van der Waals surface area contributed by atoms with E-state index in [2.05, 4.69) is 4.90 Å². The Hall–Kier alpha value is -0.610. The van der Waals surface area contributed by atoms with Crippen LogP contribution in [0.25, 0.3) is 0 Å². The Morgan fingerprint density at radius 3 is 2.85 bits per heavy atom. The molecule has 2 atom stereocenters. The minimum absolute atomic E-state index is 0.0627. The van der Waals surface area contributed by atoms with Crippen LogP contribution in [-0.4, -0.2) is 48.8 Å². The summed E-state index contributed by atoms with van der Waals surface area (Å²) >= 11 is 0. The number of piperidine rings is 1. The first-order chi connectivity index (χ1) is 9.72. The molecule has 0 N–H and O–H groups in total. The van der Waals surface area contributed by atoms with Gasteiger partial charge in [0.25, 0.3) is 0 Å². The topological polar surface area (TPSA) is 38.8 Å². The third kappa shape index (κ3) is 2.86. The highest BCUT2D eigenvalue weighted by atomic mass is 16.5. The maximum absolute atomic E-state index is 11.6. The van der Waals surface area contributed by atoms with Gasteiger partial charge in [-0.3, -0.25) is 9.69 Å². The van der Waals surface area contributed by atoms with Crippen LogP contribution in [0.5, 0.6) is 0 Å². The molecule has 2 heterocycles. The first-order valence-corrected chi connectivity index (χ1v) is 8.19. The van der Waals surface area contributed by atoms with Gasteiger partial charge in [-0.15, -0.1) is 0 Å². The van der Waals surface area contributed by atoms with Gasteiger partial charge >= 0.3 is 5.97 Å². The van der Waals surface area contributed by atoms with Crippen LogP contribution >= 0.6 is 0 Å². The first-order valence-electron chi connectivity index (χ1n) is 8.19. The predicted octanol–water partition coefficient (Wildman–Crippen LogP) is 2.51. The fourth-order valence-corrected chi connectivity index (χ4v) is 4.20. The second-order valence-corrected chi connectivity index (χ2v) is 6.70. The second kappa shape index (κ2) is 6.02. The van der Waals surface area contributed by atoms with Gasteiger partial charge in [-0.1, -0.05) is 6.42 Å². The fraction of sp³-hybridized carbons (Fsp3) is 0.938. The summed E-state index contributed by atoms with van der Waals surface area (Å²) in [7, 11) is 1.49. The normalized spacial score (nSPS) is 33.6. The first kappa shape index (κ1) is 14.3. The van der Waals surface area contributed by atoms with Crippen LogP contribution in [0.3, 0.4) is 0 Å². The van der Waals surface area contributed by atoms with E-state index in [1.165, 1.54) is 45.6 Å². The summed E-state index contributed by atoms with van der Waals surface area (Å²) in [6, 6.07) is 0.996. The van der Waals surface area contributed by atoms with E-state index in [9.17, 15) is 4.79 Å². The number of ether oxygens (including phenoxy) is 2. The lowest BCUT2D eigenvalue weighted by atomic mass is 9.73. The number of hydrogen-bond donors (Lipinski definition) is 0. The Balaban J connectivity index is 1.64. The van der Waals surface area contributed by atoms with Crippen molar-refractivity contribution < 1.29 is 14.3 Å². The van der Waals surface area contributed by atoms with Gasteiger partial charge in [-0.25, -0.2) is 0 Å². The molecule has 0 aromatic heterocycles. The largest absolute Gasteiger partial charge is 0.469 e. The smallest absolute Gasteiger partial charge is 0.307 e. The van der Waals surface area contributed by atoms with Crippen LogP contribution in [0.4, 0.5) is 0 Å². The second-order valence-electron chi connectivity index (χ2n) is 6.70. The van der Waals surface area contributed by atoms with Crippen molar-refractivity contribution in [2.75, 3.05) is 20.3 Å². The van der Waals surface area contributed by atoms with Crippen LogP contribution in [-0.2, 0) is 14.3 Å². The predicted molar refractivity (Wildman–Crippen MR) is 76.5 cm³/mol. The zero-order valence-corrected chi connectivity index (χ0v) is 12.6. The molecule has 0 radical (unpaired) electrons. The molecule has 2 saturated heterocycles. The minimum atomic E-state index is -0.0627. The van der Waals surface area contributed by atoms with Gasteiger partial charge in [0, 0.05) is 18.7 Å². The molecule has 1 spiro atoms. The molecule has 3 fully saturated rings. The molecule has 3 rings (SSSR count). The summed E-state index contributed by atoms with van der Waals surface area (Å²) in [5, 5.41) is 0. The van der Waals surface area contributed by atoms with Crippen LogP contribution in [0.1, 0.15) is 57.8 Å². The molecule has 114 valence electrons. The zero-order valence-electron chi connectivity index (χ0n) is 12.6. The summed E-state index contributed by atoms with van der Waals surface area (Å²) in [5.74, 6) is -0.0627. The lowest BCUT2D eigenvalue weighted by Crippen LogP contribution is -2.55. The molecule has 0 bridgehead atoms.